The lowest BCUT2D eigenvalue weighted by Crippen LogP contribution is -2.32. The van der Waals surface area contributed by atoms with E-state index in [4.69, 9.17) is 0 Å². The first-order valence-electron chi connectivity index (χ1n) is 8.24. The molecular formula is C18H28N2O. The van der Waals surface area contributed by atoms with Gasteiger partial charge in [-0.25, -0.2) is 0 Å². The van der Waals surface area contributed by atoms with E-state index in [1.807, 2.05) is 30.9 Å². The van der Waals surface area contributed by atoms with E-state index in [2.05, 4.69) is 24.0 Å². The van der Waals surface area contributed by atoms with Gasteiger partial charge in [-0.05, 0) is 63.4 Å². The second-order valence-electron chi connectivity index (χ2n) is 6.13. The minimum absolute atomic E-state index is 0.137. The van der Waals surface area contributed by atoms with E-state index >= 15 is 0 Å². The van der Waals surface area contributed by atoms with Crippen LogP contribution in [0.4, 0.5) is 0 Å². The maximum atomic E-state index is 12.3. The molecule has 1 aliphatic heterocycles. The van der Waals surface area contributed by atoms with E-state index in [0.717, 1.165) is 31.1 Å². The molecule has 21 heavy (non-hydrogen) atoms. The summed E-state index contributed by atoms with van der Waals surface area (Å²) in [6.07, 6.45) is 2.61. The van der Waals surface area contributed by atoms with Crippen LogP contribution in [-0.4, -0.2) is 41.9 Å². The molecule has 1 aromatic carbocycles. The monoisotopic (exact) mass is 288 g/mol. The summed E-state index contributed by atoms with van der Waals surface area (Å²) >= 11 is 0. The van der Waals surface area contributed by atoms with Gasteiger partial charge in [0.15, 0.2) is 0 Å². The molecule has 0 aliphatic carbocycles. The number of rotatable bonds is 5. The number of hydrogen-bond donors (Lipinski definition) is 0. The van der Waals surface area contributed by atoms with Gasteiger partial charge in [-0.2, -0.15) is 0 Å². The van der Waals surface area contributed by atoms with Gasteiger partial charge in [0.05, 0.1) is 0 Å². The normalized spacial score (nSPS) is 16.9. The number of piperidine rings is 1. The summed E-state index contributed by atoms with van der Waals surface area (Å²) < 4.78 is 0. The zero-order valence-electron chi connectivity index (χ0n) is 13.6. The Hall–Kier alpha value is -1.35. The standard InChI is InChI=1S/C18H28N2O/c1-4-20(5-2)18(21)17-8-6-16(7-9-17)14-19-12-10-15(3)11-13-19/h6-9,15H,4-5,10-14H2,1-3H3. The van der Waals surface area contributed by atoms with E-state index in [-0.39, 0.29) is 5.91 Å². The van der Waals surface area contributed by atoms with Crippen LogP contribution in [0.25, 0.3) is 0 Å². The Bertz CT molecular complexity index is 443. The van der Waals surface area contributed by atoms with Gasteiger partial charge in [0, 0.05) is 25.2 Å². The van der Waals surface area contributed by atoms with Gasteiger partial charge in [0.1, 0.15) is 0 Å². The second-order valence-corrected chi connectivity index (χ2v) is 6.13. The van der Waals surface area contributed by atoms with Gasteiger partial charge >= 0.3 is 0 Å². The Balaban J connectivity index is 1.94. The SMILES string of the molecule is CCN(CC)C(=O)c1ccc(CN2CCC(C)CC2)cc1. The Morgan fingerprint density at radius 1 is 1.14 bits per heavy atom. The van der Waals surface area contributed by atoms with Crippen LogP contribution in [0, 0.1) is 5.92 Å². The molecule has 0 unspecified atom stereocenters. The first-order chi connectivity index (χ1) is 10.1. The zero-order chi connectivity index (χ0) is 15.2. The van der Waals surface area contributed by atoms with E-state index in [0.29, 0.717) is 0 Å². The summed E-state index contributed by atoms with van der Waals surface area (Å²) in [5.74, 6) is 1.01. The van der Waals surface area contributed by atoms with Gasteiger partial charge in [0.25, 0.3) is 5.91 Å². The lowest BCUT2D eigenvalue weighted by molar-refractivity contribution is 0.0773. The number of benzene rings is 1. The van der Waals surface area contributed by atoms with Crippen molar-refractivity contribution in [3.05, 3.63) is 35.4 Å². The highest BCUT2D eigenvalue weighted by molar-refractivity contribution is 5.94. The van der Waals surface area contributed by atoms with Crippen molar-refractivity contribution in [3.8, 4) is 0 Å². The fourth-order valence-corrected chi connectivity index (χ4v) is 2.92. The Labute approximate surface area is 128 Å². The Kier molecular flexibility index (Phi) is 5.80. The molecule has 1 saturated heterocycles. The number of carbonyl (C=O) groups is 1. The molecule has 0 N–H and O–H groups in total. The molecule has 2 rings (SSSR count). The number of amides is 1. The Morgan fingerprint density at radius 2 is 1.71 bits per heavy atom. The fourth-order valence-electron chi connectivity index (χ4n) is 2.92. The van der Waals surface area contributed by atoms with E-state index in [1.54, 1.807) is 0 Å². The predicted octanol–water partition coefficient (Wildman–Crippen LogP) is 3.40. The maximum absolute atomic E-state index is 12.3. The van der Waals surface area contributed by atoms with Crippen LogP contribution >= 0.6 is 0 Å². The van der Waals surface area contributed by atoms with Crippen molar-refractivity contribution in [1.82, 2.24) is 9.80 Å². The van der Waals surface area contributed by atoms with Crippen LogP contribution in [0.5, 0.6) is 0 Å². The molecule has 1 aromatic rings. The molecule has 0 saturated carbocycles. The minimum atomic E-state index is 0.137. The molecule has 0 bridgehead atoms. The number of nitrogens with zero attached hydrogens (tertiary/aromatic N) is 2. The van der Waals surface area contributed by atoms with Crippen molar-refractivity contribution < 1.29 is 4.79 Å². The van der Waals surface area contributed by atoms with Crippen LogP contribution < -0.4 is 0 Å². The highest BCUT2D eigenvalue weighted by Gasteiger charge is 2.16. The van der Waals surface area contributed by atoms with Crippen molar-refractivity contribution in [2.24, 2.45) is 5.92 Å². The first-order valence-corrected chi connectivity index (χ1v) is 8.24. The summed E-state index contributed by atoms with van der Waals surface area (Å²) in [7, 11) is 0. The number of likely N-dealkylation sites (tertiary alicyclic amines) is 1. The highest BCUT2D eigenvalue weighted by atomic mass is 16.2. The molecule has 0 spiro atoms. The predicted molar refractivity (Wildman–Crippen MR) is 87.4 cm³/mol. The third-order valence-corrected chi connectivity index (χ3v) is 4.53. The average molecular weight is 288 g/mol. The molecule has 0 atom stereocenters. The first kappa shape index (κ1) is 16.0. The second kappa shape index (κ2) is 7.60. The number of hydrogen-bond acceptors (Lipinski definition) is 2. The summed E-state index contributed by atoms with van der Waals surface area (Å²) in [5, 5.41) is 0. The van der Waals surface area contributed by atoms with Gasteiger partial charge in [0.2, 0.25) is 0 Å². The van der Waals surface area contributed by atoms with E-state index in [9.17, 15) is 4.79 Å². The van der Waals surface area contributed by atoms with Crippen molar-refractivity contribution in [3.63, 3.8) is 0 Å². The van der Waals surface area contributed by atoms with Gasteiger partial charge in [-0.3, -0.25) is 9.69 Å². The molecule has 1 amide bonds. The van der Waals surface area contributed by atoms with Crippen molar-refractivity contribution in [1.29, 1.82) is 0 Å². The van der Waals surface area contributed by atoms with Gasteiger partial charge in [-0.1, -0.05) is 19.1 Å². The molecule has 0 aromatic heterocycles. The van der Waals surface area contributed by atoms with Crippen LogP contribution in [0.1, 0.15) is 49.5 Å². The highest BCUT2D eigenvalue weighted by Crippen LogP contribution is 2.18. The minimum Gasteiger partial charge on any atom is -0.339 e. The Morgan fingerprint density at radius 3 is 2.24 bits per heavy atom. The molecule has 1 fully saturated rings. The summed E-state index contributed by atoms with van der Waals surface area (Å²) in [4.78, 5) is 16.6. The fraction of sp³-hybridized carbons (Fsp3) is 0.611. The smallest absolute Gasteiger partial charge is 0.253 e. The molecule has 0 radical (unpaired) electrons. The lowest BCUT2D eigenvalue weighted by Gasteiger charge is -2.30. The van der Waals surface area contributed by atoms with Crippen LogP contribution in [0.15, 0.2) is 24.3 Å². The van der Waals surface area contributed by atoms with Crippen LogP contribution in [0.3, 0.4) is 0 Å². The third kappa shape index (κ3) is 4.31. The quantitative estimate of drug-likeness (QED) is 0.829. The number of carbonyl (C=O) groups excluding carboxylic acids is 1. The van der Waals surface area contributed by atoms with Crippen molar-refractivity contribution in [2.45, 2.75) is 40.2 Å². The van der Waals surface area contributed by atoms with Gasteiger partial charge < -0.3 is 4.90 Å². The zero-order valence-corrected chi connectivity index (χ0v) is 13.6. The van der Waals surface area contributed by atoms with Crippen LogP contribution in [0.2, 0.25) is 0 Å². The molecule has 1 heterocycles. The maximum Gasteiger partial charge on any atom is 0.253 e. The van der Waals surface area contributed by atoms with Gasteiger partial charge in [-0.15, -0.1) is 0 Å². The summed E-state index contributed by atoms with van der Waals surface area (Å²) in [6.45, 7) is 11.3. The molecular weight excluding hydrogens is 260 g/mol. The summed E-state index contributed by atoms with van der Waals surface area (Å²) in [6, 6.07) is 8.16. The molecule has 3 heteroatoms. The largest absolute Gasteiger partial charge is 0.339 e. The summed E-state index contributed by atoms with van der Waals surface area (Å²) in [5.41, 5.74) is 2.11. The molecule has 116 valence electrons. The van der Waals surface area contributed by atoms with Crippen molar-refractivity contribution in [2.75, 3.05) is 26.2 Å². The molecule has 3 nitrogen and oxygen atoms in total. The van der Waals surface area contributed by atoms with E-state index in [1.165, 1.54) is 31.5 Å². The third-order valence-electron chi connectivity index (χ3n) is 4.53. The van der Waals surface area contributed by atoms with Crippen LogP contribution in [-0.2, 0) is 6.54 Å². The average Bonchev–Trinajstić information content (AvgIpc) is 2.51. The molecule has 1 aliphatic rings. The topological polar surface area (TPSA) is 23.6 Å². The van der Waals surface area contributed by atoms with E-state index < -0.39 is 0 Å². The lowest BCUT2D eigenvalue weighted by atomic mass is 9.99. The van der Waals surface area contributed by atoms with Crippen molar-refractivity contribution >= 4 is 5.91 Å².